The van der Waals surface area contributed by atoms with Gasteiger partial charge in [0.15, 0.2) is 0 Å². The monoisotopic (exact) mass is 254 g/mol. The lowest BCUT2D eigenvalue weighted by molar-refractivity contribution is 0.108. The molecule has 0 aliphatic heterocycles. The first-order chi connectivity index (χ1) is 8.06. The molecule has 0 bridgehead atoms. The van der Waals surface area contributed by atoms with Gasteiger partial charge in [-0.05, 0) is 39.7 Å². The maximum absolute atomic E-state index is 9.83. The van der Waals surface area contributed by atoms with Crippen molar-refractivity contribution in [3.05, 3.63) is 15.6 Å². The summed E-state index contributed by atoms with van der Waals surface area (Å²) >= 11 is 1.79. The van der Waals surface area contributed by atoms with Crippen LogP contribution in [-0.2, 0) is 6.54 Å². The number of aliphatic hydroxyl groups excluding tert-OH is 1. The zero-order chi connectivity index (χ0) is 12.4. The standard InChI is InChI=1S/C13H22N2OS/c1-9-13(17-10(2)14-9)8-15(3)7-11-5-4-6-12(11)16/h11-12,16H,4-8H2,1-3H3. The van der Waals surface area contributed by atoms with E-state index in [1.54, 1.807) is 11.3 Å². The minimum Gasteiger partial charge on any atom is -0.393 e. The molecule has 3 nitrogen and oxygen atoms in total. The molecular weight excluding hydrogens is 232 g/mol. The van der Waals surface area contributed by atoms with Gasteiger partial charge in [-0.15, -0.1) is 11.3 Å². The van der Waals surface area contributed by atoms with E-state index in [1.165, 1.54) is 17.7 Å². The van der Waals surface area contributed by atoms with E-state index in [1.807, 2.05) is 0 Å². The van der Waals surface area contributed by atoms with Crippen LogP contribution in [0.2, 0.25) is 0 Å². The molecule has 4 heteroatoms. The van der Waals surface area contributed by atoms with Crippen molar-refractivity contribution >= 4 is 11.3 Å². The van der Waals surface area contributed by atoms with Gasteiger partial charge in [0.25, 0.3) is 0 Å². The molecule has 2 unspecified atom stereocenters. The predicted molar refractivity (Wildman–Crippen MR) is 71.3 cm³/mol. The fourth-order valence-electron chi connectivity index (χ4n) is 2.66. The minimum atomic E-state index is -0.0817. The number of hydrogen-bond donors (Lipinski definition) is 1. The molecule has 0 spiro atoms. The summed E-state index contributed by atoms with van der Waals surface area (Å²) in [7, 11) is 2.14. The van der Waals surface area contributed by atoms with Crippen molar-refractivity contribution in [2.75, 3.05) is 13.6 Å². The summed E-state index contributed by atoms with van der Waals surface area (Å²) in [6, 6.07) is 0. The van der Waals surface area contributed by atoms with Crippen LogP contribution < -0.4 is 0 Å². The Morgan fingerprint density at radius 2 is 2.18 bits per heavy atom. The molecule has 1 aliphatic rings. The van der Waals surface area contributed by atoms with E-state index >= 15 is 0 Å². The second-order valence-electron chi connectivity index (χ2n) is 5.20. The Morgan fingerprint density at radius 1 is 1.41 bits per heavy atom. The molecule has 1 heterocycles. The van der Waals surface area contributed by atoms with Crippen LogP contribution >= 0.6 is 11.3 Å². The van der Waals surface area contributed by atoms with E-state index in [9.17, 15) is 5.11 Å². The Balaban J connectivity index is 1.88. The molecule has 1 saturated carbocycles. The number of thiazole rings is 1. The minimum absolute atomic E-state index is 0.0817. The molecule has 17 heavy (non-hydrogen) atoms. The molecule has 0 amide bonds. The van der Waals surface area contributed by atoms with E-state index < -0.39 is 0 Å². The van der Waals surface area contributed by atoms with Gasteiger partial charge >= 0.3 is 0 Å². The molecule has 1 aliphatic carbocycles. The Labute approximate surface area is 107 Å². The predicted octanol–water partition coefficient (Wildman–Crippen LogP) is 2.35. The largest absolute Gasteiger partial charge is 0.393 e. The van der Waals surface area contributed by atoms with Crippen molar-refractivity contribution in [2.24, 2.45) is 5.92 Å². The Bertz CT molecular complexity index is 377. The normalized spacial score (nSPS) is 24.8. The molecule has 1 N–H and O–H groups in total. The Morgan fingerprint density at radius 3 is 2.71 bits per heavy atom. The van der Waals surface area contributed by atoms with E-state index in [-0.39, 0.29) is 6.10 Å². The highest BCUT2D eigenvalue weighted by Crippen LogP contribution is 2.27. The zero-order valence-electron chi connectivity index (χ0n) is 10.9. The van der Waals surface area contributed by atoms with Gasteiger partial charge in [-0.1, -0.05) is 6.42 Å². The van der Waals surface area contributed by atoms with Crippen LogP contribution in [0.25, 0.3) is 0 Å². The summed E-state index contributed by atoms with van der Waals surface area (Å²) in [5.41, 5.74) is 1.16. The highest BCUT2D eigenvalue weighted by atomic mass is 32.1. The third-order valence-electron chi connectivity index (χ3n) is 3.58. The van der Waals surface area contributed by atoms with Crippen molar-refractivity contribution in [1.29, 1.82) is 0 Å². The van der Waals surface area contributed by atoms with Crippen molar-refractivity contribution in [3.63, 3.8) is 0 Å². The highest BCUT2D eigenvalue weighted by molar-refractivity contribution is 7.11. The van der Waals surface area contributed by atoms with Gasteiger partial charge in [0.2, 0.25) is 0 Å². The molecule has 96 valence electrons. The first-order valence-corrected chi connectivity index (χ1v) is 7.17. The third kappa shape index (κ3) is 3.27. The van der Waals surface area contributed by atoms with Crippen LogP contribution in [0.3, 0.4) is 0 Å². The second kappa shape index (κ2) is 5.46. The molecular formula is C13H22N2OS. The van der Waals surface area contributed by atoms with Gasteiger partial charge in [0.05, 0.1) is 16.8 Å². The average molecular weight is 254 g/mol. The average Bonchev–Trinajstić information content (AvgIpc) is 2.75. The zero-order valence-corrected chi connectivity index (χ0v) is 11.8. The number of aromatic nitrogens is 1. The molecule has 2 atom stereocenters. The Hall–Kier alpha value is -0.450. The van der Waals surface area contributed by atoms with Gasteiger partial charge in [-0.2, -0.15) is 0 Å². The van der Waals surface area contributed by atoms with Crippen LogP contribution in [0.1, 0.15) is 34.8 Å². The van der Waals surface area contributed by atoms with Crippen LogP contribution in [0, 0.1) is 19.8 Å². The summed E-state index contributed by atoms with van der Waals surface area (Å²) in [5.74, 6) is 0.467. The van der Waals surface area contributed by atoms with E-state index in [4.69, 9.17) is 0 Å². The lowest BCUT2D eigenvalue weighted by atomic mass is 10.1. The maximum Gasteiger partial charge on any atom is 0.0900 e. The molecule has 2 rings (SSSR count). The summed E-state index contributed by atoms with van der Waals surface area (Å²) < 4.78 is 0. The third-order valence-corrected chi connectivity index (χ3v) is 4.64. The van der Waals surface area contributed by atoms with E-state index in [2.05, 4.69) is 30.8 Å². The van der Waals surface area contributed by atoms with Crippen molar-refractivity contribution in [3.8, 4) is 0 Å². The molecule has 0 radical (unpaired) electrons. The number of aliphatic hydroxyl groups is 1. The van der Waals surface area contributed by atoms with Gasteiger partial charge in [-0.25, -0.2) is 4.98 Å². The van der Waals surface area contributed by atoms with Crippen LogP contribution in [0.4, 0.5) is 0 Å². The van der Waals surface area contributed by atoms with Crippen molar-refractivity contribution in [1.82, 2.24) is 9.88 Å². The van der Waals surface area contributed by atoms with E-state index in [0.29, 0.717) is 5.92 Å². The van der Waals surface area contributed by atoms with Crippen molar-refractivity contribution in [2.45, 2.75) is 45.8 Å². The fraction of sp³-hybridized carbons (Fsp3) is 0.769. The first kappa shape index (κ1) is 13.0. The van der Waals surface area contributed by atoms with Crippen LogP contribution in [0.5, 0.6) is 0 Å². The van der Waals surface area contributed by atoms with Gasteiger partial charge < -0.3 is 10.0 Å². The molecule has 1 aromatic rings. The number of aryl methyl sites for hydroxylation is 2. The fourth-order valence-corrected chi connectivity index (χ4v) is 3.68. The summed E-state index contributed by atoms with van der Waals surface area (Å²) in [6.07, 6.45) is 3.25. The van der Waals surface area contributed by atoms with Gasteiger partial charge in [0, 0.05) is 18.0 Å². The topological polar surface area (TPSA) is 36.4 Å². The van der Waals surface area contributed by atoms with Crippen molar-refractivity contribution < 1.29 is 5.11 Å². The first-order valence-electron chi connectivity index (χ1n) is 6.35. The smallest absolute Gasteiger partial charge is 0.0900 e. The summed E-state index contributed by atoms with van der Waals surface area (Å²) in [4.78, 5) is 8.13. The maximum atomic E-state index is 9.83. The van der Waals surface area contributed by atoms with Crippen LogP contribution in [-0.4, -0.2) is 34.7 Å². The second-order valence-corrected chi connectivity index (χ2v) is 6.48. The number of nitrogens with zero attached hydrogens (tertiary/aromatic N) is 2. The lowest BCUT2D eigenvalue weighted by Crippen LogP contribution is -2.29. The SMILES string of the molecule is Cc1nc(C)c(CN(C)CC2CCCC2O)s1. The molecule has 0 saturated heterocycles. The van der Waals surface area contributed by atoms with E-state index in [0.717, 1.165) is 30.2 Å². The lowest BCUT2D eigenvalue weighted by Gasteiger charge is -2.22. The van der Waals surface area contributed by atoms with Crippen LogP contribution in [0.15, 0.2) is 0 Å². The summed E-state index contributed by atoms with van der Waals surface area (Å²) in [6.45, 7) is 6.09. The molecule has 1 fully saturated rings. The number of rotatable bonds is 4. The number of hydrogen-bond acceptors (Lipinski definition) is 4. The summed E-state index contributed by atoms with van der Waals surface area (Å²) in [5, 5.41) is 11.0. The van der Waals surface area contributed by atoms with Gasteiger partial charge in [-0.3, -0.25) is 0 Å². The van der Waals surface area contributed by atoms with Gasteiger partial charge in [0.1, 0.15) is 0 Å². The quantitative estimate of drug-likeness (QED) is 0.896. The highest BCUT2D eigenvalue weighted by Gasteiger charge is 2.26. The molecule has 1 aromatic heterocycles. The molecule has 0 aromatic carbocycles. The Kier molecular flexibility index (Phi) is 4.17.